The lowest BCUT2D eigenvalue weighted by Gasteiger charge is -2.16. The molecule has 3 aromatic rings. The summed E-state index contributed by atoms with van der Waals surface area (Å²) in [5, 5.41) is 4.01. The predicted molar refractivity (Wildman–Crippen MR) is 101 cm³/mol. The molecule has 9 nitrogen and oxygen atoms in total. The highest BCUT2D eigenvalue weighted by Crippen LogP contribution is 2.34. The molecule has 7 N–H and O–H groups in total. The van der Waals surface area contributed by atoms with Gasteiger partial charge in [0, 0.05) is 30.4 Å². The Morgan fingerprint density at radius 3 is 2.52 bits per heavy atom. The number of nitrogens with two attached hydrogens (primary N) is 3. The fourth-order valence-corrected chi connectivity index (χ4v) is 2.58. The fourth-order valence-electron chi connectivity index (χ4n) is 2.58. The average molecular weight is 409 g/mol. The molecule has 0 saturated heterocycles. The van der Waals surface area contributed by atoms with E-state index in [0.29, 0.717) is 11.1 Å². The molecular weight excluding hydrogens is 391 g/mol. The van der Waals surface area contributed by atoms with Crippen molar-refractivity contribution in [2.45, 2.75) is 13.0 Å². The number of rotatable bonds is 6. The summed E-state index contributed by atoms with van der Waals surface area (Å²) in [4.78, 5) is 3.88. The molecule has 0 spiro atoms. The molecule has 0 aliphatic carbocycles. The third-order valence-electron chi connectivity index (χ3n) is 3.89. The molecule has 0 unspecified atom stereocenters. The minimum Gasteiger partial charge on any atom is -0.486 e. The number of hydrazine groups is 1. The first-order valence-corrected chi connectivity index (χ1v) is 8.19. The fraction of sp³-hybridized carbons (Fsp3) is 0.176. The van der Waals surface area contributed by atoms with Crippen molar-refractivity contribution in [1.82, 2.24) is 14.8 Å². The van der Waals surface area contributed by atoms with E-state index >= 15 is 0 Å². The normalized spacial score (nSPS) is 11.3. The van der Waals surface area contributed by atoms with Crippen molar-refractivity contribution >= 4 is 17.3 Å². The van der Waals surface area contributed by atoms with Gasteiger partial charge in [0.25, 0.3) is 0 Å². The molecule has 3 rings (SSSR count). The Labute approximate surface area is 163 Å². The van der Waals surface area contributed by atoms with Crippen LogP contribution in [0.4, 0.5) is 30.5 Å². The molecule has 2 heterocycles. The first-order valence-electron chi connectivity index (χ1n) is 8.19. The Hall–Kier alpha value is -3.67. The van der Waals surface area contributed by atoms with Crippen molar-refractivity contribution in [2.24, 2.45) is 12.9 Å². The van der Waals surface area contributed by atoms with E-state index in [1.54, 1.807) is 19.3 Å². The predicted octanol–water partition coefficient (Wildman–Crippen LogP) is 2.41. The highest BCUT2D eigenvalue weighted by atomic mass is 19.4. The van der Waals surface area contributed by atoms with E-state index < -0.39 is 12.1 Å². The van der Waals surface area contributed by atoms with Gasteiger partial charge in [-0.25, -0.2) is 10.8 Å². The number of pyridine rings is 1. The van der Waals surface area contributed by atoms with Gasteiger partial charge in [-0.2, -0.15) is 5.10 Å². The van der Waals surface area contributed by atoms with Crippen LogP contribution in [0.3, 0.4) is 0 Å². The van der Waals surface area contributed by atoms with E-state index in [9.17, 15) is 13.2 Å². The maximum Gasteiger partial charge on any atom is 0.573 e. The molecule has 29 heavy (non-hydrogen) atoms. The monoisotopic (exact) mass is 409 g/mol. The van der Waals surface area contributed by atoms with Crippen LogP contribution >= 0.6 is 0 Å². The molecule has 1 aromatic carbocycles. The number of benzene rings is 1. The second kappa shape index (κ2) is 7.75. The van der Waals surface area contributed by atoms with Gasteiger partial charge in [-0.15, -0.1) is 13.2 Å². The van der Waals surface area contributed by atoms with Crippen LogP contribution in [0.1, 0.15) is 5.56 Å². The van der Waals surface area contributed by atoms with Crippen LogP contribution in [-0.4, -0.2) is 21.1 Å². The lowest BCUT2D eigenvalue weighted by Crippen LogP contribution is -2.18. The SMILES string of the molecule is Cn1cc(-c2ccc(COc3cc(N)nc(NN)c3N)c(OC(F)(F)F)c2)cn1. The number of hydrogen-bond donors (Lipinski definition) is 4. The van der Waals surface area contributed by atoms with Crippen molar-refractivity contribution in [3.05, 3.63) is 42.2 Å². The number of nitrogens with one attached hydrogen (secondary N) is 1. The zero-order valence-electron chi connectivity index (χ0n) is 15.2. The zero-order chi connectivity index (χ0) is 21.2. The number of halogens is 3. The van der Waals surface area contributed by atoms with Gasteiger partial charge < -0.3 is 26.4 Å². The van der Waals surface area contributed by atoms with E-state index in [4.69, 9.17) is 22.0 Å². The first kappa shape index (κ1) is 20.1. The van der Waals surface area contributed by atoms with Crippen molar-refractivity contribution in [1.29, 1.82) is 0 Å². The number of aryl methyl sites for hydroxylation is 1. The van der Waals surface area contributed by atoms with E-state index in [1.807, 2.05) is 0 Å². The smallest absolute Gasteiger partial charge is 0.486 e. The third-order valence-corrected chi connectivity index (χ3v) is 3.89. The second-order valence-electron chi connectivity index (χ2n) is 6.01. The van der Waals surface area contributed by atoms with Crippen LogP contribution in [0.5, 0.6) is 11.5 Å². The number of hydrogen-bond acceptors (Lipinski definition) is 8. The Morgan fingerprint density at radius 1 is 1.14 bits per heavy atom. The minimum absolute atomic E-state index is 0.0620. The molecule has 2 aromatic heterocycles. The Kier molecular flexibility index (Phi) is 5.37. The van der Waals surface area contributed by atoms with Crippen LogP contribution in [0.15, 0.2) is 36.7 Å². The Balaban J connectivity index is 1.91. The maximum atomic E-state index is 12.9. The summed E-state index contributed by atoms with van der Waals surface area (Å²) in [6, 6.07) is 5.70. The summed E-state index contributed by atoms with van der Waals surface area (Å²) < 4.78 is 49.9. The molecule has 0 atom stereocenters. The molecule has 0 bridgehead atoms. The van der Waals surface area contributed by atoms with Crippen molar-refractivity contribution < 1.29 is 22.6 Å². The molecule has 0 radical (unpaired) electrons. The van der Waals surface area contributed by atoms with Gasteiger partial charge >= 0.3 is 6.36 Å². The van der Waals surface area contributed by atoms with E-state index in [-0.39, 0.29) is 35.2 Å². The molecule has 12 heteroatoms. The molecule has 0 aliphatic heterocycles. The van der Waals surface area contributed by atoms with Gasteiger partial charge in [0.15, 0.2) is 5.82 Å². The number of ether oxygens (including phenoxy) is 2. The highest BCUT2D eigenvalue weighted by molar-refractivity contribution is 5.71. The van der Waals surface area contributed by atoms with Gasteiger partial charge in [-0.05, 0) is 11.6 Å². The second-order valence-corrected chi connectivity index (χ2v) is 6.01. The van der Waals surface area contributed by atoms with Crippen LogP contribution in [-0.2, 0) is 13.7 Å². The summed E-state index contributed by atoms with van der Waals surface area (Å²) in [6.45, 7) is -0.267. The molecular formula is C17H18F3N7O2. The van der Waals surface area contributed by atoms with E-state index in [1.165, 1.54) is 29.1 Å². The van der Waals surface area contributed by atoms with Crippen molar-refractivity contribution in [2.75, 3.05) is 16.9 Å². The van der Waals surface area contributed by atoms with Crippen LogP contribution in [0.2, 0.25) is 0 Å². The summed E-state index contributed by atoms with van der Waals surface area (Å²) >= 11 is 0. The quantitative estimate of drug-likeness (QED) is 0.360. The van der Waals surface area contributed by atoms with Gasteiger partial charge in [0.05, 0.1) is 6.20 Å². The average Bonchev–Trinajstić information content (AvgIpc) is 3.08. The molecule has 0 amide bonds. The third kappa shape index (κ3) is 4.79. The minimum atomic E-state index is -4.88. The van der Waals surface area contributed by atoms with E-state index in [2.05, 4.69) is 20.2 Å². The molecule has 0 saturated carbocycles. The van der Waals surface area contributed by atoms with Gasteiger partial charge in [-0.3, -0.25) is 4.68 Å². The molecule has 0 fully saturated rings. The molecule has 154 valence electrons. The lowest BCUT2D eigenvalue weighted by atomic mass is 10.1. The Bertz CT molecular complexity index is 1020. The van der Waals surface area contributed by atoms with Gasteiger partial charge in [0.1, 0.15) is 29.6 Å². The summed E-state index contributed by atoms with van der Waals surface area (Å²) in [5.41, 5.74) is 15.1. The van der Waals surface area contributed by atoms with Crippen LogP contribution < -0.4 is 32.2 Å². The molecule has 0 aliphatic rings. The summed E-state index contributed by atoms with van der Waals surface area (Å²) in [6.07, 6.45) is -1.67. The zero-order valence-corrected chi connectivity index (χ0v) is 15.2. The summed E-state index contributed by atoms with van der Waals surface area (Å²) in [7, 11) is 1.70. The van der Waals surface area contributed by atoms with Crippen LogP contribution in [0, 0.1) is 0 Å². The van der Waals surface area contributed by atoms with Crippen molar-refractivity contribution in [3.8, 4) is 22.6 Å². The first-order chi connectivity index (χ1) is 13.7. The number of nitrogen functional groups attached to an aromatic ring is 3. The number of nitrogens with zero attached hydrogens (tertiary/aromatic N) is 3. The van der Waals surface area contributed by atoms with Gasteiger partial charge in [0.2, 0.25) is 0 Å². The van der Waals surface area contributed by atoms with Crippen LogP contribution in [0.25, 0.3) is 11.1 Å². The number of anilines is 3. The van der Waals surface area contributed by atoms with E-state index in [0.717, 1.165) is 0 Å². The summed E-state index contributed by atoms with van der Waals surface area (Å²) in [5.74, 6) is 5.16. The Morgan fingerprint density at radius 2 is 1.90 bits per heavy atom. The number of alkyl halides is 3. The largest absolute Gasteiger partial charge is 0.573 e. The maximum absolute atomic E-state index is 12.9. The lowest BCUT2D eigenvalue weighted by molar-refractivity contribution is -0.275. The number of aromatic nitrogens is 3. The standard InChI is InChI=1S/C17H18F3N7O2/c1-27-7-11(6-24-27)9-2-3-10(12(4-9)29-17(18,19)20)8-28-13-5-14(21)25-16(26-23)15(13)22/h2-7H,8,22-23H2,1H3,(H3,21,25,26). The van der Waals surface area contributed by atoms with Crippen molar-refractivity contribution in [3.63, 3.8) is 0 Å². The highest BCUT2D eigenvalue weighted by Gasteiger charge is 2.32. The van der Waals surface area contributed by atoms with Gasteiger partial charge in [-0.1, -0.05) is 12.1 Å². The topological polar surface area (TPSA) is 139 Å².